The second-order valence-corrected chi connectivity index (χ2v) is 7.85. The normalized spacial score (nSPS) is 19.3. The van der Waals surface area contributed by atoms with E-state index in [4.69, 9.17) is 14.5 Å². The van der Waals surface area contributed by atoms with Crippen LogP contribution >= 0.6 is 0 Å². The number of nitro benzene ring substituents is 1. The first kappa shape index (κ1) is 23.9. The highest BCUT2D eigenvalue weighted by Crippen LogP contribution is 2.16. The second-order valence-electron chi connectivity index (χ2n) is 7.85. The third kappa shape index (κ3) is 6.89. The summed E-state index contributed by atoms with van der Waals surface area (Å²) in [5.41, 5.74) is 0.968. The van der Waals surface area contributed by atoms with Crippen LogP contribution in [0.4, 0.5) is 5.69 Å². The number of hydrogen-bond donors (Lipinski definition) is 1. The molecule has 10 heteroatoms. The molecule has 2 saturated heterocycles. The van der Waals surface area contributed by atoms with Gasteiger partial charge in [-0.25, -0.2) is 4.99 Å². The average Bonchev–Trinajstić information content (AvgIpc) is 3.36. The minimum atomic E-state index is -0.407. The van der Waals surface area contributed by atoms with Gasteiger partial charge in [-0.3, -0.25) is 14.9 Å². The van der Waals surface area contributed by atoms with E-state index in [9.17, 15) is 14.9 Å². The summed E-state index contributed by atoms with van der Waals surface area (Å²) < 4.78 is 10.9. The van der Waals surface area contributed by atoms with E-state index < -0.39 is 4.92 Å². The Bertz CT molecular complexity index is 771. The third-order valence-electron chi connectivity index (χ3n) is 5.61. The van der Waals surface area contributed by atoms with E-state index in [2.05, 4.69) is 10.2 Å². The van der Waals surface area contributed by atoms with Crippen molar-refractivity contribution in [2.75, 3.05) is 52.5 Å². The van der Waals surface area contributed by atoms with Crippen LogP contribution in [-0.4, -0.2) is 85.2 Å². The molecule has 1 N–H and O–H groups in total. The highest BCUT2D eigenvalue weighted by molar-refractivity contribution is 5.82. The molecule has 3 rings (SSSR count). The molecule has 176 valence electrons. The van der Waals surface area contributed by atoms with Gasteiger partial charge in [0.1, 0.15) is 6.10 Å². The maximum Gasteiger partial charge on any atom is 0.269 e. The fourth-order valence-electron chi connectivity index (χ4n) is 3.79. The van der Waals surface area contributed by atoms with E-state index in [-0.39, 0.29) is 17.7 Å². The lowest BCUT2D eigenvalue weighted by atomic mass is 10.2. The van der Waals surface area contributed by atoms with Crippen LogP contribution in [0.5, 0.6) is 0 Å². The molecular formula is C22H33N5O5. The molecule has 2 heterocycles. The predicted molar refractivity (Wildman–Crippen MR) is 120 cm³/mol. The van der Waals surface area contributed by atoms with Crippen LogP contribution in [0.2, 0.25) is 0 Å². The van der Waals surface area contributed by atoms with Gasteiger partial charge in [0.25, 0.3) is 11.6 Å². The number of amides is 1. The number of nitrogens with zero attached hydrogens (tertiary/aromatic N) is 4. The zero-order valence-electron chi connectivity index (χ0n) is 18.7. The Balaban J connectivity index is 1.58. The number of benzene rings is 1. The van der Waals surface area contributed by atoms with Gasteiger partial charge in [-0.15, -0.1) is 0 Å². The molecule has 2 aliphatic heterocycles. The topological polar surface area (TPSA) is 110 Å². The summed E-state index contributed by atoms with van der Waals surface area (Å²) in [6.45, 7) is 7.82. The molecule has 0 spiro atoms. The smallest absolute Gasteiger partial charge is 0.269 e. The van der Waals surface area contributed by atoms with Crippen LogP contribution in [-0.2, 0) is 20.8 Å². The van der Waals surface area contributed by atoms with Crippen molar-refractivity contribution in [3.8, 4) is 0 Å². The highest BCUT2D eigenvalue weighted by Gasteiger charge is 2.30. The second kappa shape index (κ2) is 12.4. The van der Waals surface area contributed by atoms with Gasteiger partial charge < -0.3 is 24.6 Å². The summed E-state index contributed by atoms with van der Waals surface area (Å²) in [4.78, 5) is 31.8. The number of rotatable bonds is 9. The van der Waals surface area contributed by atoms with Gasteiger partial charge in [0.05, 0.1) is 11.5 Å². The molecule has 2 fully saturated rings. The lowest BCUT2D eigenvalue weighted by Crippen LogP contribution is -2.55. The molecule has 1 unspecified atom stereocenters. The Morgan fingerprint density at radius 2 is 1.97 bits per heavy atom. The number of non-ortho nitro benzene ring substituents is 1. The molecule has 0 radical (unpaired) electrons. The maximum atomic E-state index is 12.6. The van der Waals surface area contributed by atoms with Gasteiger partial charge in [-0.1, -0.05) is 12.1 Å². The zero-order chi connectivity index (χ0) is 22.8. The quantitative estimate of drug-likeness (QED) is 0.202. The molecule has 32 heavy (non-hydrogen) atoms. The first-order valence-electron chi connectivity index (χ1n) is 11.3. The van der Waals surface area contributed by atoms with Gasteiger partial charge >= 0.3 is 0 Å². The number of carbonyl (C=O) groups excluding carboxylic acids is 1. The number of aliphatic imine (C=N–C) groups is 1. The van der Waals surface area contributed by atoms with E-state index in [1.807, 2.05) is 11.8 Å². The Morgan fingerprint density at radius 3 is 2.59 bits per heavy atom. The standard InChI is InChI=1S/C22H33N5O5/c1-2-31-15-4-10-23-22(24-17-18-6-8-19(9-7-18)27(29)30)26-13-11-25(12-14-26)21(28)20-5-3-16-32-20/h6-9,20H,2-5,10-17H2,1H3,(H,23,24). The Labute approximate surface area is 188 Å². The van der Waals surface area contributed by atoms with Gasteiger partial charge in [0.15, 0.2) is 5.96 Å². The molecule has 1 atom stereocenters. The average molecular weight is 448 g/mol. The molecule has 0 bridgehead atoms. The molecule has 0 aliphatic carbocycles. The third-order valence-corrected chi connectivity index (χ3v) is 5.61. The molecule has 1 amide bonds. The monoisotopic (exact) mass is 447 g/mol. The first-order valence-corrected chi connectivity index (χ1v) is 11.3. The number of piperazine rings is 1. The highest BCUT2D eigenvalue weighted by atomic mass is 16.6. The molecule has 1 aromatic carbocycles. The molecule has 0 saturated carbocycles. The van der Waals surface area contributed by atoms with Gasteiger partial charge in [0.2, 0.25) is 0 Å². The predicted octanol–water partition coefficient (Wildman–Crippen LogP) is 1.79. The number of ether oxygens (including phenoxy) is 2. The van der Waals surface area contributed by atoms with Crippen molar-refractivity contribution in [3.05, 3.63) is 39.9 Å². The SMILES string of the molecule is CCOCCCNC(=NCc1ccc([N+](=O)[O-])cc1)N1CCN(C(=O)C2CCCO2)CC1. The van der Waals surface area contributed by atoms with E-state index in [1.54, 1.807) is 12.1 Å². The summed E-state index contributed by atoms with van der Waals surface area (Å²) in [6, 6.07) is 6.45. The number of nitro groups is 1. The Kier molecular flexibility index (Phi) is 9.24. The number of nitrogens with one attached hydrogen (secondary N) is 1. The summed E-state index contributed by atoms with van der Waals surface area (Å²) in [7, 11) is 0. The Morgan fingerprint density at radius 1 is 1.25 bits per heavy atom. The lowest BCUT2D eigenvalue weighted by molar-refractivity contribution is -0.384. The van der Waals surface area contributed by atoms with E-state index in [0.29, 0.717) is 52.5 Å². The van der Waals surface area contributed by atoms with Crippen molar-refractivity contribution in [2.45, 2.75) is 38.8 Å². The molecule has 0 aromatic heterocycles. The van der Waals surface area contributed by atoms with Crippen molar-refractivity contribution < 1.29 is 19.2 Å². The lowest BCUT2D eigenvalue weighted by Gasteiger charge is -2.37. The number of guanidine groups is 1. The summed E-state index contributed by atoms with van der Waals surface area (Å²) >= 11 is 0. The molecule has 1 aromatic rings. The van der Waals surface area contributed by atoms with Crippen molar-refractivity contribution >= 4 is 17.6 Å². The summed E-state index contributed by atoms with van der Waals surface area (Å²) in [5, 5.41) is 14.3. The van der Waals surface area contributed by atoms with Gasteiger partial charge in [-0.05, 0) is 31.7 Å². The minimum Gasteiger partial charge on any atom is -0.382 e. The van der Waals surface area contributed by atoms with Gasteiger partial charge in [0, 0.05) is 64.7 Å². The largest absolute Gasteiger partial charge is 0.382 e. The maximum absolute atomic E-state index is 12.6. The van der Waals surface area contributed by atoms with E-state index in [0.717, 1.165) is 37.3 Å². The van der Waals surface area contributed by atoms with Gasteiger partial charge in [-0.2, -0.15) is 0 Å². The molecular weight excluding hydrogens is 414 g/mol. The first-order chi connectivity index (χ1) is 15.6. The zero-order valence-corrected chi connectivity index (χ0v) is 18.7. The van der Waals surface area contributed by atoms with Crippen LogP contribution < -0.4 is 5.32 Å². The number of hydrogen-bond acceptors (Lipinski definition) is 6. The van der Waals surface area contributed by atoms with Crippen LogP contribution in [0.1, 0.15) is 31.7 Å². The number of carbonyl (C=O) groups is 1. The van der Waals surface area contributed by atoms with E-state index in [1.165, 1.54) is 12.1 Å². The molecule has 10 nitrogen and oxygen atoms in total. The summed E-state index contributed by atoms with van der Waals surface area (Å²) in [5.74, 6) is 0.875. The fourth-order valence-corrected chi connectivity index (χ4v) is 3.79. The minimum absolute atomic E-state index is 0.0685. The fraction of sp³-hybridized carbons (Fsp3) is 0.636. The van der Waals surface area contributed by atoms with Crippen molar-refractivity contribution in [1.29, 1.82) is 0 Å². The van der Waals surface area contributed by atoms with Crippen molar-refractivity contribution in [2.24, 2.45) is 4.99 Å². The molecule has 2 aliphatic rings. The van der Waals surface area contributed by atoms with Crippen LogP contribution in [0, 0.1) is 10.1 Å². The van der Waals surface area contributed by atoms with Crippen LogP contribution in [0.15, 0.2) is 29.3 Å². The summed E-state index contributed by atoms with van der Waals surface area (Å²) in [6.07, 6.45) is 2.33. The van der Waals surface area contributed by atoms with Crippen molar-refractivity contribution in [1.82, 2.24) is 15.1 Å². The van der Waals surface area contributed by atoms with Crippen LogP contribution in [0.25, 0.3) is 0 Å². The van der Waals surface area contributed by atoms with E-state index >= 15 is 0 Å². The van der Waals surface area contributed by atoms with Crippen molar-refractivity contribution in [3.63, 3.8) is 0 Å². The van der Waals surface area contributed by atoms with Crippen LogP contribution in [0.3, 0.4) is 0 Å². The Hall–Kier alpha value is -2.72.